The summed E-state index contributed by atoms with van der Waals surface area (Å²) in [5, 5.41) is 3.04. The van der Waals surface area contributed by atoms with E-state index in [1.54, 1.807) is 6.20 Å². The van der Waals surface area contributed by atoms with Crippen LogP contribution in [0.25, 0.3) is 11.3 Å². The minimum Gasteiger partial charge on any atom is -0.441 e. The van der Waals surface area contributed by atoms with E-state index >= 15 is 0 Å². The molecule has 3 aromatic rings. The molecule has 3 rings (SSSR count). The number of benzene rings is 2. The Morgan fingerprint density at radius 3 is 2.58 bits per heavy atom. The van der Waals surface area contributed by atoms with Gasteiger partial charge in [0.1, 0.15) is 0 Å². The maximum Gasteiger partial charge on any atom is 0.220 e. The predicted octanol–water partition coefficient (Wildman–Crippen LogP) is 4.77. The van der Waals surface area contributed by atoms with Gasteiger partial charge >= 0.3 is 0 Å². The summed E-state index contributed by atoms with van der Waals surface area (Å²) >= 11 is 0. The Balaban J connectivity index is 1.55. The van der Waals surface area contributed by atoms with Gasteiger partial charge < -0.3 is 9.73 Å². The SMILES string of the molecule is Cc1ccc(-c2cnc(CCC(=O)NC(C)c3ccccc3C)o2)cc1. The van der Waals surface area contributed by atoms with Gasteiger partial charge in [0.05, 0.1) is 12.2 Å². The third-order valence-electron chi connectivity index (χ3n) is 4.49. The second kappa shape index (κ2) is 8.00. The molecule has 4 nitrogen and oxygen atoms in total. The molecule has 0 fully saturated rings. The predicted molar refractivity (Wildman–Crippen MR) is 103 cm³/mol. The molecule has 1 N–H and O–H groups in total. The molecule has 1 unspecified atom stereocenters. The zero-order chi connectivity index (χ0) is 18.5. The summed E-state index contributed by atoms with van der Waals surface area (Å²) in [6.45, 7) is 6.10. The summed E-state index contributed by atoms with van der Waals surface area (Å²) in [4.78, 5) is 16.5. The number of aromatic nitrogens is 1. The van der Waals surface area contributed by atoms with E-state index in [0.717, 1.165) is 16.9 Å². The summed E-state index contributed by atoms with van der Waals surface area (Å²) in [5.74, 6) is 1.31. The van der Waals surface area contributed by atoms with Crippen LogP contribution in [0.15, 0.2) is 59.1 Å². The lowest BCUT2D eigenvalue weighted by molar-refractivity contribution is -0.121. The second-order valence-corrected chi connectivity index (χ2v) is 6.63. The maximum absolute atomic E-state index is 12.2. The average Bonchev–Trinajstić information content (AvgIpc) is 3.10. The van der Waals surface area contributed by atoms with Crippen LogP contribution in [0.2, 0.25) is 0 Å². The maximum atomic E-state index is 12.2. The fourth-order valence-corrected chi connectivity index (χ4v) is 2.96. The molecule has 1 atom stereocenters. The minimum atomic E-state index is -0.0172. The third-order valence-corrected chi connectivity index (χ3v) is 4.49. The van der Waals surface area contributed by atoms with Gasteiger partial charge in [0, 0.05) is 18.4 Å². The Bertz CT molecular complexity index is 881. The first kappa shape index (κ1) is 17.9. The van der Waals surface area contributed by atoms with Crippen molar-refractivity contribution in [1.82, 2.24) is 10.3 Å². The number of carbonyl (C=O) groups excluding carboxylic acids is 1. The number of amides is 1. The van der Waals surface area contributed by atoms with Crippen molar-refractivity contribution in [2.45, 2.75) is 39.7 Å². The summed E-state index contributed by atoms with van der Waals surface area (Å²) in [5.41, 5.74) is 4.51. The molecule has 0 bridgehead atoms. The molecule has 0 aliphatic heterocycles. The first-order valence-electron chi connectivity index (χ1n) is 8.89. The number of oxazole rings is 1. The Labute approximate surface area is 154 Å². The molecule has 0 spiro atoms. The third kappa shape index (κ3) is 4.39. The van der Waals surface area contributed by atoms with E-state index in [0.29, 0.717) is 18.7 Å². The highest BCUT2D eigenvalue weighted by Gasteiger charge is 2.13. The molecule has 26 heavy (non-hydrogen) atoms. The van der Waals surface area contributed by atoms with Gasteiger partial charge in [-0.25, -0.2) is 4.98 Å². The normalized spacial score (nSPS) is 12.0. The molecule has 0 saturated carbocycles. The quantitative estimate of drug-likeness (QED) is 0.698. The minimum absolute atomic E-state index is 0.00385. The highest BCUT2D eigenvalue weighted by Crippen LogP contribution is 2.21. The van der Waals surface area contributed by atoms with Crippen molar-refractivity contribution in [3.8, 4) is 11.3 Å². The fraction of sp³-hybridized carbons (Fsp3) is 0.273. The monoisotopic (exact) mass is 348 g/mol. The first-order valence-corrected chi connectivity index (χ1v) is 8.89. The van der Waals surface area contributed by atoms with Crippen molar-refractivity contribution in [3.05, 3.63) is 77.3 Å². The molecular weight excluding hydrogens is 324 g/mol. The van der Waals surface area contributed by atoms with Gasteiger partial charge in [0.15, 0.2) is 11.7 Å². The van der Waals surface area contributed by atoms with Crippen LogP contribution in [0.4, 0.5) is 0 Å². The van der Waals surface area contributed by atoms with Crippen LogP contribution in [0.5, 0.6) is 0 Å². The Morgan fingerprint density at radius 2 is 1.85 bits per heavy atom. The van der Waals surface area contributed by atoms with E-state index < -0.39 is 0 Å². The Kier molecular flexibility index (Phi) is 5.52. The zero-order valence-electron chi connectivity index (χ0n) is 15.5. The lowest BCUT2D eigenvalue weighted by Gasteiger charge is -2.16. The Hall–Kier alpha value is -2.88. The van der Waals surface area contributed by atoms with Crippen LogP contribution in [-0.2, 0) is 11.2 Å². The lowest BCUT2D eigenvalue weighted by atomic mass is 10.0. The van der Waals surface area contributed by atoms with Crippen molar-refractivity contribution in [2.24, 2.45) is 0 Å². The topological polar surface area (TPSA) is 55.1 Å². The highest BCUT2D eigenvalue weighted by atomic mass is 16.4. The van der Waals surface area contributed by atoms with E-state index in [9.17, 15) is 4.79 Å². The van der Waals surface area contributed by atoms with Crippen molar-refractivity contribution < 1.29 is 9.21 Å². The molecule has 0 saturated heterocycles. The summed E-state index contributed by atoms with van der Waals surface area (Å²) in [6.07, 6.45) is 2.55. The number of hydrogen-bond acceptors (Lipinski definition) is 3. The number of nitrogens with zero attached hydrogens (tertiary/aromatic N) is 1. The zero-order valence-corrected chi connectivity index (χ0v) is 15.5. The fourth-order valence-electron chi connectivity index (χ4n) is 2.96. The molecule has 4 heteroatoms. The van der Waals surface area contributed by atoms with Gasteiger partial charge in [-0.15, -0.1) is 0 Å². The van der Waals surface area contributed by atoms with Crippen LogP contribution in [0.1, 0.15) is 42.0 Å². The first-order chi connectivity index (χ1) is 12.5. The van der Waals surface area contributed by atoms with E-state index in [4.69, 9.17) is 4.42 Å². The second-order valence-electron chi connectivity index (χ2n) is 6.63. The van der Waals surface area contributed by atoms with Crippen LogP contribution < -0.4 is 5.32 Å². The summed E-state index contributed by atoms with van der Waals surface area (Å²) in [7, 11) is 0. The molecule has 0 aliphatic carbocycles. The van der Waals surface area contributed by atoms with Gasteiger partial charge in [0.2, 0.25) is 5.91 Å². The standard InChI is InChI=1S/C22H24N2O2/c1-15-8-10-18(11-9-15)20-14-23-22(26-20)13-12-21(25)24-17(3)19-7-5-4-6-16(19)2/h4-11,14,17H,12-13H2,1-3H3,(H,24,25). The number of hydrogen-bond donors (Lipinski definition) is 1. The largest absolute Gasteiger partial charge is 0.441 e. The van der Waals surface area contributed by atoms with E-state index in [-0.39, 0.29) is 11.9 Å². The molecule has 1 amide bonds. The van der Waals surface area contributed by atoms with Gasteiger partial charge in [0.25, 0.3) is 0 Å². The number of carbonyl (C=O) groups is 1. The lowest BCUT2D eigenvalue weighted by Crippen LogP contribution is -2.27. The number of nitrogens with one attached hydrogen (secondary N) is 1. The van der Waals surface area contributed by atoms with Gasteiger partial charge in [-0.05, 0) is 31.9 Å². The molecular formula is C22H24N2O2. The van der Waals surface area contributed by atoms with Gasteiger partial charge in [-0.3, -0.25) is 4.79 Å². The van der Waals surface area contributed by atoms with Gasteiger partial charge in [-0.2, -0.15) is 0 Å². The molecule has 2 aromatic carbocycles. The smallest absolute Gasteiger partial charge is 0.220 e. The van der Waals surface area contributed by atoms with E-state index in [1.807, 2.05) is 56.3 Å². The molecule has 0 aliphatic rings. The van der Waals surface area contributed by atoms with Crippen molar-refractivity contribution in [3.63, 3.8) is 0 Å². The Morgan fingerprint density at radius 1 is 1.12 bits per heavy atom. The molecule has 1 heterocycles. The average molecular weight is 348 g/mol. The molecule has 0 radical (unpaired) electrons. The highest BCUT2D eigenvalue weighted by molar-refractivity contribution is 5.76. The molecule has 134 valence electrons. The van der Waals surface area contributed by atoms with Gasteiger partial charge in [-0.1, -0.05) is 54.1 Å². The molecule has 1 aromatic heterocycles. The van der Waals surface area contributed by atoms with Crippen LogP contribution in [0.3, 0.4) is 0 Å². The number of rotatable bonds is 6. The van der Waals surface area contributed by atoms with Crippen molar-refractivity contribution in [1.29, 1.82) is 0 Å². The van der Waals surface area contributed by atoms with Crippen LogP contribution in [-0.4, -0.2) is 10.9 Å². The van der Waals surface area contributed by atoms with Crippen LogP contribution >= 0.6 is 0 Å². The van der Waals surface area contributed by atoms with E-state index in [2.05, 4.69) is 23.3 Å². The van der Waals surface area contributed by atoms with Crippen molar-refractivity contribution in [2.75, 3.05) is 0 Å². The number of aryl methyl sites for hydroxylation is 3. The summed E-state index contributed by atoms with van der Waals surface area (Å²) < 4.78 is 5.78. The van der Waals surface area contributed by atoms with Crippen molar-refractivity contribution >= 4 is 5.91 Å². The summed E-state index contributed by atoms with van der Waals surface area (Å²) in [6, 6.07) is 16.2. The van der Waals surface area contributed by atoms with E-state index in [1.165, 1.54) is 11.1 Å². The van der Waals surface area contributed by atoms with Crippen LogP contribution in [0, 0.1) is 13.8 Å².